The van der Waals surface area contributed by atoms with E-state index in [9.17, 15) is 14.4 Å². The van der Waals surface area contributed by atoms with Crippen LogP contribution in [0.3, 0.4) is 0 Å². The van der Waals surface area contributed by atoms with E-state index >= 15 is 0 Å². The summed E-state index contributed by atoms with van der Waals surface area (Å²) in [5.41, 5.74) is -1.07. The number of piperazine rings is 1. The van der Waals surface area contributed by atoms with Crippen molar-refractivity contribution in [2.75, 3.05) is 6.54 Å². The SMILES string of the molecule is CC1(C)C(=O)NC(=O)CN1C(=O)c1ccco1. The quantitative estimate of drug-likeness (QED) is 0.704. The lowest BCUT2D eigenvalue weighted by Gasteiger charge is -2.39. The van der Waals surface area contributed by atoms with Crippen LogP contribution in [0.4, 0.5) is 0 Å². The summed E-state index contributed by atoms with van der Waals surface area (Å²) in [6.07, 6.45) is 1.37. The van der Waals surface area contributed by atoms with Crippen LogP contribution in [0.5, 0.6) is 0 Å². The Labute approximate surface area is 97.6 Å². The Morgan fingerprint density at radius 2 is 2.18 bits per heavy atom. The van der Waals surface area contributed by atoms with Gasteiger partial charge in [0.2, 0.25) is 5.91 Å². The van der Waals surface area contributed by atoms with Gasteiger partial charge in [0, 0.05) is 0 Å². The number of imide groups is 1. The average Bonchev–Trinajstić information content (AvgIpc) is 2.76. The third-order valence-corrected chi connectivity index (χ3v) is 2.76. The molecule has 2 rings (SSSR count). The Balaban J connectivity index is 2.33. The Hall–Kier alpha value is -2.11. The molecule has 0 aromatic carbocycles. The van der Waals surface area contributed by atoms with Crippen molar-refractivity contribution in [2.45, 2.75) is 19.4 Å². The molecule has 0 unspecified atom stereocenters. The van der Waals surface area contributed by atoms with Crippen LogP contribution in [-0.4, -0.2) is 34.7 Å². The minimum Gasteiger partial charge on any atom is -0.459 e. The van der Waals surface area contributed by atoms with Gasteiger partial charge in [-0.05, 0) is 26.0 Å². The number of amides is 3. The number of nitrogens with one attached hydrogen (secondary N) is 1. The lowest BCUT2D eigenvalue weighted by atomic mass is 9.98. The maximum absolute atomic E-state index is 12.1. The molecule has 1 aliphatic rings. The highest BCUT2D eigenvalue weighted by molar-refractivity contribution is 6.08. The monoisotopic (exact) mass is 236 g/mol. The molecule has 0 saturated carbocycles. The first-order valence-corrected chi connectivity index (χ1v) is 5.12. The summed E-state index contributed by atoms with van der Waals surface area (Å²) in [6.45, 7) is 3.00. The van der Waals surface area contributed by atoms with Crippen molar-refractivity contribution in [1.82, 2.24) is 10.2 Å². The summed E-state index contributed by atoms with van der Waals surface area (Å²) in [5.74, 6) is -1.34. The molecule has 1 fully saturated rings. The van der Waals surface area contributed by atoms with Crippen molar-refractivity contribution in [3.05, 3.63) is 24.2 Å². The van der Waals surface area contributed by atoms with Crippen molar-refractivity contribution in [1.29, 1.82) is 0 Å². The molecule has 0 spiro atoms. The number of hydrogen-bond donors (Lipinski definition) is 1. The van der Waals surface area contributed by atoms with E-state index in [1.165, 1.54) is 17.2 Å². The first-order chi connectivity index (χ1) is 7.93. The first-order valence-electron chi connectivity index (χ1n) is 5.12. The van der Waals surface area contributed by atoms with Gasteiger partial charge in [0.05, 0.1) is 6.26 Å². The fourth-order valence-corrected chi connectivity index (χ4v) is 1.64. The van der Waals surface area contributed by atoms with E-state index in [1.807, 2.05) is 0 Å². The molecule has 0 atom stereocenters. The van der Waals surface area contributed by atoms with Crippen LogP contribution in [-0.2, 0) is 9.59 Å². The normalized spacial score (nSPS) is 19.1. The molecule has 1 N–H and O–H groups in total. The summed E-state index contributed by atoms with van der Waals surface area (Å²) in [7, 11) is 0. The molecule has 6 nitrogen and oxygen atoms in total. The molecular weight excluding hydrogens is 224 g/mol. The molecule has 2 heterocycles. The number of furan rings is 1. The fourth-order valence-electron chi connectivity index (χ4n) is 1.64. The van der Waals surface area contributed by atoms with E-state index in [-0.39, 0.29) is 12.3 Å². The van der Waals surface area contributed by atoms with Crippen LogP contribution in [0.1, 0.15) is 24.4 Å². The van der Waals surface area contributed by atoms with Gasteiger partial charge in [-0.15, -0.1) is 0 Å². The molecule has 1 aromatic rings. The van der Waals surface area contributed by atoms with Gasteiger partial charge in [-0.25, -0.2) is 0 Å². The molecule has 0 aliphatic carbocycles. The van der Waals surface area contributed by atoms with Gasteiger partial charge in [-0.1, -0.05) is 0 Å². The summed E-state index contributed by atoms with van der Waals surface area (Å²) in [4.78, 5) is 36.2. The Bertz CT molecular complexity index is 476. The second kappa shape index (κ2) is 3.73. The summed E-state index contributed by atoms with van der Waals surface area (Å²) >= 11 is 0. The Morgan fingerprint density at radius 3 is 2.76 bits per heavy atom. The first kappa shape index (κ1) is 11.4. The van der Waals surface area contributed by atoms with Crippen molar-refractivity contribution in [3.8, 4) is 0 Å². The number of carbonyl (C=O) groups excluding carboxylic acids is 3. The van der Waals surface area contributed by atoms with Crippen molar-refractivity contribution in [3.63, 3.8) is 0 Å². The second-order valence-corrected chi connectivity index (χ2v) is 4.30. The van der Waals surface area contributed by atoms with Gasteiger partial charge in [-0.3, -0.25) is 19.7 Å². The molecule has 0 bridgehead atoms. The van der Waals surface area contributed by atoms with E-state index in [0.717, 1.165) is 0 Å². The van der Waals surface area contributed by atoms with Crippen LogP contribution in [0.15, 0.2) is 22.8 Å². The zero-order chi connectivity index (χ0) is 12.6. The largest absolute Gasteiger partial charge is 0.459 e. The molecule has 90 valence electrons. The van der Waals surface area contributed by atoms with Crippen LogP contribution < -0.4 is 5.32 Å². The lowest BCUT2D eigenvalue weighted by Crippen LogP contribution is -2.65. The van der Waals surface area contributed by atoms with Crippen LogP contribution in [0.2, 0.25) is 0 Å². The van der Waals surface area contributed by atoms with Crippen LogP contribution in [0.25, 0.3) is 0 Å². The van der Waals surface area contributed by atoms with E-state index in [4.69, 9.17) is 4.42 Å². The van der Waals surface area contributed by atoms with Crippen LogP contribution in [0, 0.1) is 0 Å². The molecule has 17 heavy (non-hydrogen) atoms. The highest BCUT2D eigenvalue weighted by Gasteiger charge is 2.44. The predicted molar refractivity (Wildman–Crippen MR) is 57.0 cm³/mol. The molecule has 1 aliphatic heterocycles. The average molecular weight is 236 g/mol. The smallest absolute Gasteiger partial charge is 0.290 e. The minimum atomic E-state index is -1.07. The topological polar surface area (TPSA) is 79.6 Å². The van der Waals surface area contributed by atoms with Crippen molar-refractivity contribution in [2.24, 2.45) is 0 Å². The van der Waals surface area contributed by atoms with E-state index in [1.54, 1.807) is 19.9 Å². The number of carbonyl (C=O) groups is 3. The zero-order valence-corrected chi connectivity index (χ0v) is 9.52. The standard InChI is InChI=1S/C11H12N2O4/c1-11(2)10(16)12-8(14)6-13(11)9(15)7-4-3-5-17-7/h3-5H,6H2,1-2H3,(H,12,14,16). The summed E-state index contributed by atoms with van der Waals surface area (Å²) < 4.78 is 4.98. The molecular formula is C11H12N2O4. The maximum Gasteiger partial charge on any atom is 0.290 e. The van der Waals surface area contributed by atoms with E-state index < -0.39 is 23.3 Å². The molecule has 1 saturated heterocycles. The van der Waals surface area contributed by atoms with Gasteiger partial charge >= 0.3 is 0 Å². The van der Waals surface area contributed by atoms with Crippen molar-refractivity contribution < 1.29 is 18.8 Å². The van der Waals surface area contributed by atoms with Crippen molar-refractivity contribution >= 4 is 17.7 Å². The molecule has 1 aromatic heterocycles. The van der Waals surface area contributed by atoms with Gasteiger partial charge < -0.3 is 9.32 Å². The van der Waals surface area contributed by atoms with Gasteiger partial charge in [-0.2, -0.15) is 0 Å². The zero-order valence-electron chi connectivity index (χ0n) is 9.52. The van der Waals surface area contributed by atoms with E-state index in [0.29, 0.717) is 0 Å². The summed E-state index contributed by atoms with van der Waals surface area (Å²) in [5, 5.41) is 2.20. The van der Waals surface area contributed by atoms with Crippen LogP contribution >= 0.6 is 0 Å². The second-order valence-electron chi connectivity index (χ2n) is 4.30. The maximum atomic E-state index is 12.1. The number of hydrogen-bond acceptors (Lipinski definition) is 4. The molecule has 6 heteroatoms. The third kappa shape index (κ3) is 1.82. The fraction of sp³-hybridized carbons (Fsp3) is 0.364. The lowest BCUT2D eigenvalue weighted by molar-refractivity contribution is -0.143. The number of rotatable bonds is 1. The van der Waals surface area contributed by atoms with Gasteiger partial charge in [0.15, 0.2) is 5.76 Å². The Morgan fingerprint density at radius 1 is 1.47 bits per heavy atom. The van der Waals surface area contributed by atoms with Gasteiger partial charge in [0.25, 0.3) is 11.8 Å². The highest BCUT2D eigenvalue weighted by atomic mass is 16.3. The minimum absolute atomic E-state index is 0.112. The molecule has 3 amide bonds. The van der Waals surface area contributed by atoms with Gasteiger partial charge in [0.1, 0.15) is 12.1 Å². The predicted octanol–water partition coefficient (Wildman–Crippen LogP) is 0.157. The highest BCUT2D eigenvalue weighted by Crippen LogP contribution is 2.21. The molecule has 0 radical (unpaired) electrons. The third-order valence-electron chi connectivity index (χ3n) is 2.76. The Kier molecular flexibility index (Phi) is 2.49. The number of nitrogens with zero attached hydrogens (tertiary/aromatic N) is 1. The summed E-state index contributed by atoms with van der Waals surface area (Å²) in [6, 6.07) is 3.07. The van der Waals surface area contributed by atoms with E-state index in [2.05, 4.69) is 5.32 Å².